The van der Waals surface area contributed by atoms with Crippen LogP contribution in [0.1, 0.15) is 39.0 Å². The molecule has 1 unspecified atom stereocenters. The molecule has 18 heavy (non-hydrogen) atoms. The molecule has 0 saturated carbocycles. The van der Waals surface area contributed by atoms with Crippen molar-refractivity contribution in [1.29, 1.82) is 0 Å². The first-order valence-electron chi connectivity index (χ1n) is 7.44. The molecule has 1 atom stereocenters. The van der Waals surface area contributed by atoms with Crippen molar-refractivity contribution in [3.05, 3.63) is 30.3 Å². The van der Waals surface area contributed by atoms with E-state index in [9.17, 15) is 0 Å². The van der Waals surface area contributed by atoms with Crippen molar-refractivity contribution in [2.45, 2.75) is 45.1 Å². The first kappa shape index (κ1) is 13.4. The Hall–Kier alpha value is -1.02. The Morgan fingerprint density at radius 3 is 2.83 bits per heavy atom. The zero-order valence-electron chi connectivity index (χ0n) is 11.6. The summed E-state index contributed by atoms with van der Waals surface area (Å²) in [6.45, 7) is 5.78. The lowest BCUT2D eigenvalue weighted by Crippen LogP contribution is -2.42. The monoisotopic (exact) mass is 246 g/mol. The lowest BCUT2D eigenvalue weighted by atomic mass is 10.1. The van der Waals surface area contributed by atoms with Gasteiger partial charge in [-0.3, -0.25) is 0 Å². The molecule has 0 radical (unpaired) electrons. The van der Waals surface area contributed by atoms with E-state index < -0.39 is 0 Å². The highest BCUT2D eigenvalue weighted by atomic mass is 15.2. The Kier molecular flexibility index (Phi) is 5.53. The van der Waals surface area contributed by atoms with E-state index >= 15 is 0 Å². The quantitative estimate of drug-likeness (QED) is 0.856. The summed E-state index contributed by atoms with van der Waals surface area (Å²) in [6, 6.07) is 11.6. The van der Waals surface area contributed by atoms with Gasteiger partial charge in [-0.1, -0.05) is 38.0 Å². The summed E-state index contributed by atoms with van der Waals surface area (Å²) in [6.07, 6.45) is 6.56. The smallest absolute Gasteiger partial charge is 0.0414 e. The number of rotatable bonds is 5. The first-order chi connectivity index (χ1) is 8.92. The van der Waals surface area contributed by atoms with E-state index in [1.165, 1.54) is 50.9 Å². The molecule has 0 bridgehead atoms. The molecule has 0 aromatic heterocycles. The van der Waals surface area contributed by atoms with Crippen molar-refractivity contribution >= 4 is 5.69 Å². The van der Waals surface area contributed by atoms with Crippen molar-refractivity contribution in [3.8, 4) is 0 Å². The number of unbranched alkanes of at least 4 members (excludes halogenated alkanes) is 1. The molecule has 1 fully saturated rings. The van der Waals surface area contributed by atoms with E-state index in [2.05, 4.69) is 47.5 Å². The molecule has 1 aliphatic heterocycles. The second-order valence-corrected chi connectivity index (χ2v) is 5.24. The van der Waals surface area contributed by atoms with Crippen LogP contribution in [0.2, 0.25) is 0 Å². The van der Waals surface area contributed by atoms with E-state index in [0.29, 0.717) is 6.04 Å². The van der Waals surface area contributed by atoms with E-state index in [1.54, 1.807) is 0 Å². The Labute approximate surface area is 111 Å². The SMILES string of the molecule is CCCCN(c1ccccc1)C1CCCCNC1. The van der Waals surface area contributed by atoms with Crippen molar-refractivity contribution in [2.75, 3.05) is 24.5 Å². The highest BCUT2D eigenvalue weighted by molar-refractivity contribution is 5.47. The fraction of sp³-hybridized carbons (Fsp3) is 0.625. The van der Waals surface area contributed by atoms with E-state index in [4.69, 9.17) is 0 Å². The van der Waals surface area contributed by atoms with Crippen molar-refractivity contribution in [1.82, 2.24) is 5.32 Å². The third-order valence-electron chi connectivity index (χ3n) is 3.80. The number of para-hydroxylation sites is 1. The molecule has 0 spiro atoms. The molecule has 100 valence electrons. The molecule has 2 heteroatoms. The van der Waals surface area contributed by atoms with Gasteiger partial charge in [-0.05, 0) is 37.9 Å². The maximum absolute atomic E-state index is 3.58. The van der Waals surface area contributed by atoms with Crippen molar-refractivity contribution < 1.29 is 0 Å². The van der Waals surface area contributed by atoms with Crippen LogP contribution in [0.15, 0.2) is 30.3 Å². The lowest BCUT2D eigenvalue weighted by Gasteiger charge is -2.33. The number of nitrogens with one attached hydrogen (secondary N) is 1. The van der Waals surface area contributed by atoms with Crippen LogP contribution >= 0.6 is 0 Å². The van der Waals surface area contributed by atoms with Crippen LogP contribution in [0.3, 0.4) is 0 Å². The number of anilines is 1. The van der Waals surface area contributed by atoms with Crippen molar-refractivity contribution in [2.24, 2.45) is 0 Å². The molecule has 1 aromatic carbocycles. The molecule has 1 aromatic rings. The fourth-order valence-corrected chi connectivity index (χ4v) is 2.74. The summed E-state index contributed by atoms with van der Waals surface area (Å²) >= 11 is 0. The standard InChI is InChI=1S/C16H26N2/c1-2-3-13-18(15-9-5-4-6-10-15)16-11-7-8-12-17-14-16/h4-6,9-10,16-17H,2-3,7-8,11-14H2,1H3. The van der Waals surface area contributed by atoms with Gasteiger partial charge in [0, 0.05) is 24.8 Å². The Morgan fingerprint density at radius 1 is 1.22 bits per heavy atom. The second-order valence-electron chi connectivity index (χ2n) is 5.24. The number of hydrogen-bond acceptors (Lipinski definition) is 2. The van der Waals surface area contributed by atoms with Crippen LogP contribution in [0.5, 0.6) is 0 Å². The van der Waals surface area contributed by atoms with Gasteiger partial charge in [-0.25, -0.2) is 0 Å². The fourth-order valence-electron chi connectivity index (χ4n) is 2.74. The van der Waals surface area contributed by atoms with Gasteiger partial charge >= 0.3 is 0 Å². The summed E-state index contributed by atoms with van der Waals surface area (Å²) in [5, 5.41) is 3.58. The summed E-state index contributed by atoms with van der Waals surface area (Å²) in [5.74, 6) is 0. The van der Waals surface area contributed by atoms with Gasteiger partial charge in [0.05, 0.1) is 0 Å². The minimum atomic E-state index is 0.668. The predicted molar refractivity (Wildman–Crippen MR) is 79.2 cm³/mol. The Bertz CT molecular complexity index is 315. The zero-order valence-corrected chi connectivity index (χ0v) is 11.6. The van der Waals surface area contributed by atoms with Crippen LogP contribution in [-0.4, -0.2) is 25.7 Å². The Morgan fingerprint density at radius 2 is 2.06 bits per heavy atom. The number of nitrogens with zero attached hydrogens (tertiary/aromatic N) is 1. The maximum atomic E-state index is 3.58. The molecular formula is C16H26N2. The number of hydrogen-bond donors (Lipinski definition) is 1. The van der Waals surface area contributed by atoms with Gasteiger partial charge in [0.1, 0.15) is 0 Å². The molecule has 1 aliphatic rings. The molecule has 1 N–H and O–H groups in total. The minimum Gasteiger partial charge on any atom is -0.367 e. The largest absolute Gasteiger partial charge is 0.367 e. The average molecular weight is 246 g/mol. The molecule has 1 saturated heterocycles. The topological polar surface area (TPSA) is 15.3 Å². The van der Waals surface area contributed by atoms with E-state index in [1.807, 2.05) is 0 Å². The summed E-state index contributed by atoms with van der Waals surface area (Å²) in [5.41, 5.74) is 1.39. The summed E-state index contributed by atoms with van der Waals surface area (Å²) < 4.78 is 0. The third kappa shape index (κ3) is 3.74. The average Bonchev–Trinajstić information content (AvgIpc) is 2.70. The van der Waals surface area contributed by atoms with Gasteiger partial charge in [-0.15, -0.1) is 0 Å². The molecule has 2 rings (SSSR count). The molecular weight excluding hydrogens is 220 g/mol. The van der Waals surface area contributed by atoms with Crippen LogP contribution in [0.25, 0.3) is 0 Å². The molecule has 0 aliphatic carbocycles. The first-order valence-corrected chi connectivity index (χ1v) is 7.44. The van der Waals surface area contributed by atoms with Crippen LogP contribution in [0.4, 0.5) is 5.69 Å². The molecule has 2 nitrogen and oxygen atoms in total. The normalized spacial score (nSPS) is 20.4. The van der Waals surface area contributed by atoms with Gasteiger partial charge in [0.25, 0.3) is 0 Å². The predicted octanol–water partition coefficient (Wildman–Crippen LogP) is 3.44. The van der Waals surface area contributed by atoms with Crippen LogP contribution in [0, 0.1) is 0 Å². The molecule has 0 amide bonds. The Balaban J connectivity index is 2.08. The van der Waals surface area contributed by atoms with Gasteiger partial charge in [-0.2, -0.15) is 0 Å². The second kappa shape index (κ2) is 7.42. The van der Waals surface area contributed by atoms with Crippen LogP contribution < -0.4 is 10.2 Å². The van der Waals surface area contributed by atoms with Crippen molar-refractivity contribution in [3.63, 3.8) is 0 Å². The summed E-state index contributed by atoms with van der Waals surface area (Å²) in [4.78, 5) is 2.61. The zero-order chi connectivity index (χ0) is 12.6. The van der Waals surface area contributed by atoms with E-state index in [-0.39, 0.29) is 0 Å². The van der Waals surface area contributed by atoms with Gasteiger partial charge < -0.3 is 10.2 Å². The highest BCUT2D eigenvalue weighted by Gasteiger charge is 2.19. The minimum absolute atomic E-state index is 0.668. The van der Waals surface area contributed by atoms with Gasteiger partial charge in [0.15, 0.2) is 0 Å². The van der Waals surface area contributed by atoms with Gasteiger partial charge in [0.2, 0.25) is 0 Å². The molecule has 1 heterocycles. The lowest BCUT2D eigenvalue weighted by molar-refractivity contribution is 0.531. The maximum Gasteiger partial charge on any atom is 0.0414 e. The summed E-state index contributed by atoms with van der Waals surface area (Å²) in [7, 11) is 0. The number of benzene rings is 1. The van der Waals surface area contributed by atoms with Crippen LogP contribution in [-0.2, 0) is 0 Å². The highest BCUT2D eigenvalue weighted by Crippen LogP contribution is 2.21. The van der Waals surface area contributed by atoms with E-state index in [0.717, 1.165) is 6.54 Å². The third-order valence-corrected chi connectivity index (χ3v) is 3.80.